The molecule has 0 unspecified atom stereocenters. The van der Waals surface area contributed by atoms with Crippen LogP contribution in [0.5, 0.6) is 0 Å². The molecule has 0 saturated carbocycles. The molecule has 2 heterocycles. The second kappa shape index (κ2) is 8.88. The van der Waals surface area contributed by atoms with Crippen LogP contribution < -0.4 is 5.56 Å². The summed E-state index contributed by atoms with van der Waals surface area (Å²) in [6, 6.07) is 7.73. The third kappa shape index (κ3) is 5.09. The van der Waals surface area contributed by atoms with Gasteiger partial charge in [0.25, 0.3) is 5.56 Å². The maximum Gasteiger partial charge on any atom is 0.254 e. The first-order valence-corrected chi connectivity index (χ1v) is 10.2. The Morgan fingerprint density at radius 2 is 1.96 bits per heavy atom. The van der Waals surface area contributed by atoms with Crippen molar-refractivity contribution in [3.05, 3.63) is 56.5 Å². The smallest absolute Gasteiger partial charge is 0.254 e. The van der Waals surface area contributed by atoms with Crippen molar-refractivity contribution in [2.24, 2.45) is 0 Å². The van der Waals surface area contributed by atoms with Gasteiger partial charge in [-0.2, -0.15) is 0 Å². The molecule has 1 aromatic heterocycles. The second-order valence-corrected chi connectivity index (χ2v) is 7.87. The Morgan fingerprint density at radius 1 is 1.24 bits per heavy atom. The summed E-state index contributed by atoms with van der Waals surface area (Å²) in [5.74, 6) is 0.953. The fourth-order valence-corrected chi connectivity index (χ4v) is 4.18. The number of aromatic nitrogens is 2. The molecule has 6 heteroatoms. The number of H-pyrrole nitrogens is 1. The number of halogens is 1. The molecule has 4 nitrogen and oxygen atoms in total. The molecule has 0 spiro atoms. The first kappa shape index (κ1) is 18.5. The van der Waals surface area contributed by atoms with Crippen LogP contribution in [-0.2, 0) is 12.8 Å². The van der Waals surface area contributed by atoms with Crippen molar-refractivity contribution in [2.75, 3.05) is 25.4 Å². The highest BCUT2D eigenvalue weighted by Crippen LogP contribution is 2.18. The summed E-state index contributed by atoms with van der Waals surface area (Å²) in [5, 5.41) is 1.45. The van der Waals surface area contributed by atoms with Gasteiger partial charge in [-0.3, -0.25) is 4.79 Å². The Hall–Kier alpha value is -1.30. The summed E-state index contributed by atoms with van der Waals surface area (Å²) >= 11 is 7.60. The number of hydrogen-bond donors (Lipinski definition) is 1. The lowest BCUT2D eigenvalue weighted by Crippen LogP contribution is -2.22. The van der Waals surface area contributed by atoms with Crippen molar-refractivity contribution < 1.29 is 0 Å². The number of thioether (sulfide) groups is 1. The molecule has 134 valence electrons. The second-order valence-electron chi connectivity index (χ2n) is 6.35. The van der Waals surface area contributed by atoms with E-state index in [0.29, 0.717) is 12.8 Å². The molecule has 1 aliphatic rings. The lowest BCUT2D eigenvalue weighted by atomic mass is 10.0. The average molecular weight is 378 g/mol. The minimum absolute atomic E-state index is 0.00913. The van der Waals surface area contributed by atoms with Gasteiger partial charge in [-0.1, -0.05) is 42.4 Å². The summed E-state index contributed by atoms with van der Waals surface area (Å²) in [5.41, 5.74) is 2.76. The quantitative estimate of drug-likeness (QED) is 0.589. The lowest BCUT2D eigenvalue weighted by Gasteiger charge is -2.14. The molecule has 3 rings (SSSR count). The van der Waals surface area contributed by atoms with Crippen LogP contribution in [0.3, 0.4) is 0 Å². The third-order valence-corrected chi connectivity index (χ3v) is 5.67. The number of aromatic amines is 1. The van der Waals surface area contributed by atoms with Crippen molar-refractivity contribution in [2.45, 2.75) is 37.8 Å². The maximum atomic E-state index is 12.4. The van der Waals surface area contributed by atoms with Crippen LogP contribution in [0.1, 0.15) is 36.6 Å². The number of nitrogens with one attached hydrogen (secondary N) is 1. The first-order chi connectivity index (χ1) is 12.2. The number of benzene rings is 1. The van der Waals surface area contributed by atoms with E-state index in [0.717, 1.165) is 39.3 Å². The predicted molar refractivity (Wildman–Crippen MR) is 105 cm³/mol. The van der Waals surface area contributed by atoms with E-state index in [4.69, 9.17) is 16.6 Å². The first-order valence-electron chi connectivity index (χ1n) is 8.87. The minimum atomic E-state index is -0.00913. The molecule has 1 fully saturated rings. The number of likely N-dealkylation sites (tertiary alicyclic amines) is 1. The van der Waals surface area contributed by atoms with Crippen molar-refractivity contribution in [3.63, 3.8) is 0 Å². The standard InChI is InChI=1S/C19H24ClN3OS/c1-2-16-17(13-14-5-7-15(20)8-6-14)21-19(22-18(16)24)25-12-11-23-9-3-4-10-23/h5-8H,2-4,9-13H2,1H3,(H,21,22,24). The Balaban J connectivity index is 1.72. The highest BCUT2D eigenvalue weighted by molar-refractivity contribution is 7.99. The van der Waals surface area contributed by atoms with E-state index in [1.54, 1.807) is 11.8 Å². The fourth-order valence-electron chi connectivity index (χ4n) is 3.17. The molecular formula is C19H24ClN3OS. The summed E-state index contributed by atoms with van der Waals surface area (Å²) in [7, 11) is 0. The van der Waals surface area contributed by atoms with E-state index in [-0.39, 0.29) is 5.56 Å². The molecule has 1 aromatic carbocycles. The summed E-state index contributed by atoms with van der Waals surface area (Å²) in [6.45, 7) is 5.44. The number of rotatable bonds is 7. The van der Waals surface area contributed by atoms with E-state index in [2.05, 4.69) is 9.88 Å². The van der Waals surface area contributed by atoms with Gasteiger partial charge in [0.1, 0.15) is 0 Å². The SMILES string of the molecule is CCc1c(Cc2ccc(Cl)cc2)nc(SCCN2CCCC2)[nH]c1=O. The number of nitrogens with zero attached hydrogens (tertiary/aromatic N) is 2. The number of hydrogen-bond acceptors (Lipinski definition) is 4. The zero-order chi connectivity index (χ0) is 17.6. The third-order valence-electron chi connectivity index (χ3n) is 4.56. The van der Waals surface area contributed by atoms with E-state index in [1.165, 1.54) is 25.9 Å². The van der Waals surface area contributed by atoms with Gasteiger partial charge >= 0.3 is 0 Å². The van der Waals surface area contributed by atoms with E-state index in [9.17, 15) is 4.79 Å². The van der Waals surface area contributed by atoms with E-state index < -0.39 is 0 Å². The van der Waals surface area contributed by atoms with Gasteiger partial charge in [-0.15, -0.1) is 0 Å². The van der Waals surface area contributed by atoms with E-state index >= 15 is 0 Å². The Morgan fingerprint density at radius 3 is 2.64 bits per heavy atom. The van der Waals surface area contributed by atoms with Crippen molar-refractivity contribution >= 4 is 23.4 Å². The molecular weight excluding hydrogens is 354 g/mol. The van der Waals surface area contributed by atoms with Gasteiger partial charge in [0.05, 0.1) is 5.69 Å². The van der Waals surface area contributed by atoms with Crippen LogP contribution in [-0.4, -0.2) is 40.3 Å². The highest BCUT2D eigenvalue weighted by atomic mass is 35.5. The van der Waals surface area contributed by atoms with Gasteiger partial charge in [0.15, 0.2) is 5.16 Å². The summed E-state index contributed by atoms with van der Waals surface area (Å²) in [6.07, 6.45) is 3.94. The highest BCUT2D eigenvalue weighted by Gasteiger charge is 2.13. The van der Waals surface area contributed by atoms with Crippen LogP contribution >= 0.6 is 23.4 Å². The van der Waals surface area contributed by atoms with Gasteiger partial charge in [0.2, 0.25) is 0 Å². The van der Waals surface area contributed by atoms with Gasteiger partial charge in [-0.05, 0) is 50.0 Å². The molecule has 0 aliphatic carbocycles. The molecule has 1 aliphatic heterocycles. The maximum absolute atomic E-state index is 12.4. The van der Waals surface area contributed by atoms with Crippen molar-refractivity contribution in [1.82, 2.24) is 14.9 Å². The average Bonchev–Trinajstić information content (AvgIpc) is 3.10. The van der Waals surface area contributed by atoms with Gasteiger partial charge < -0.3 is 9.88 Å². The molecule has 1 N–H and O–H groups in total. The van der Waals surface area contributed by atoms with E-state index in [1.807, 2.05) is 31.2 Å². The van der Waals surface area contributed by atoms with Crippen LogP contribution in [0.15, 0.2) is 34.2 Å². The zero-order valence-electron chi connectivity index (χ0n) is 14.6. The normalized spacial score (nSPS) is 15.0. The zero-order valence-corrected chi connectivity index (χ0v) is 16.1. The molecule has 0 radical (unpaired) electrons. The Labute approximate surface area is 158 Å². The molecule has 0 amide bonds. The minimum Gasteiger partial charge on any atom is -0.303 e. The molecule has 2 aromatic rings. The predicted octanol–water partition coefficient (Wildman–Crippen LogP) is 3.76. The van der Waals surface area contributed by atoms with Crippen LogP contribution in [0.2, 0.25) is 5.02 Å². The molecule has 25 heavy (non-hydrogen) atoms. The van der Waals surface area contributed by atoms with Gasteiger partial charge in [-0.25, -0.2) is 4.98 Å². The topological polar surface area (TPSA) is 49.0 Å². The summed E-state index contributed by atoms with van der Waals surface area (Å²) in [4.78, 5) is 22.6. The Kier molecular flexibility index (Phi) is 6.57. The lowest BCUT2D eigenvalue weighted by molar-refractivity contribution is 0.362. The van der Waals surface area contributed by atoms with Crippen LogP contribution in [0.4, 0.5) is 0 Å². The van der Waals surface area contributed by atoms with Gasteiger partial charge in [0, 0.05) is 29.3 Å². The monoisotopic (exact) mass is 377 g/mol. The van der Waals surface area contributed by atoms with Crippen molar-refractivity contribution in [3.8, 4) is 0 Å². The van der Waals surface area contributed by atoms with Crippen LogP contribution in [0, 0.1) is 0 Å². The molecule has 0 bridgehead atoms. The van der Waals surface area contributed by atoms with Crippen molar-refractivity contribution in [1.29, 1.82) is 0 Å². The molecule has 1 saturated heterocycles. The van der Waals surface area contributed by atoms with Crippen LogP contribution in [0.25, 0.3) is 0 Å². The molecule has 0 atom stereocenters. The largest absolute Gasteiger partial charge is 0.303 e. The Bertz CT molecular complexity index is 754. The summed E-state index contributed by atoms with van der Waals surface area (Å²) < 4.78 is 0. The fraction of sp³-hybridized carbons (Fsp3) is 0.474.